The highest BCUT2D eigenvalue weighted by Crippen LogP contribution is 2.26. The van der Waals surface area contributed by atoms with Crippen molar-refractivity contribution in [1.82, 2.24) is 10.0 Å². The number of nitrogens with one attached hydrogen (secondary N) is 2. The first kappa shape index (κ1) is 15.5. The Morgan fingerprint density at radius 2 is 1.90 bits per heavy atom. The maximum atomic E-state index is 12.4. The molecule has 1 aliphatic rings. The molecule has 20 heavy (non-hydrogen) atoms. The van der Waals surface area contributed by atoms with Crippen LogP contribution in [-0.4, -0.2) is 22.0 Å². The summed E-state index contributed by atoms with van der Waals surface area (Å²) < 4.78 is 27.6. The van der Waals surface area contributed by atoms with Crippen LogP contribution < -0.4 is 10.0 Å². The first-order valence-electron chi connectivity index (χ1n) is 7.18. The smallest absolute Gasteiger partial charge is 0.240 e. The summed E-state index contributed by atoms with van der Waals surface area (Å²) >= 11 is 0. The van der Waals surface area contributed by atoms with Crippen molar-refractivity contribution in [3.8, 4) is 0 Å². The first-order chi connectivity index (χ1) is 9.44. The summed E-state index contributed by atoms with van der Waals surface area (Å²) in [4.78, 5) is 0.410. The van der Waals surface area contributed by atoms with Crippen molar-refractivity contribution in [2.45, 2.75) is 44.6 Å². The van der Waals surface area contributed by atoms with Gasteiger partial charge in [0.05, 0.1) is 4.90 Å². The first-order valence-corrected chi connectivity index (χ1v) is 8.66. The van der Waals surface area contributed by atoms with Gasteiger partial charge in [0.2, 0.25) is 10.0 Å². The lowest BCUT2D eigenvalue weighted by molar-refractivity contribution is 0.316. The lowest BCUT2D eigenvalue weighted by Gasteiger charge is -2.25. The van der Waals surface area contributed by atoms with Gasteiger partial charge in [-0.05, 0) is 62.4 Å². The Labute approximate surface area is 122 Å². The molecule has 0 spiro atoms. The second-order valence-electron chi connectivity index (χ2n) is 5.72. The molecule has 0 heterocycles. The zero-order valence-corrected chi connectivity index (χ0v) is 13.3. The van der Waals surface area contributed by atoms with Gasteiger partial charge in [-0.25, -0.2) is 13.1 Å². The summed E-state index contributed by atoms with van der Waals surface area (Å²) in [6.45, 7) is 5.11. The van der Waals surface area contributed by atoms with Gasteiger partial charge in [-0.2, -0.15) is 0 Å². The van der Waals surface area contributed by atoms with Crippen LogP contribution in [0.25, 0.3) is 0 Å². The van der Waals surface area contributed by atoms with Crippen molar-refractivity contribution in [1.29, 1.82) is 0 Å². The Balaban J connectivity index is 2.22. The molecule has 0 saturated heterocycles. The average molecular weight is 296 g/mol. The molecule has 0 amide bonds. The van der Waals surface area contributed by atoms with Crippen LogP contribution in [0.2, 0.25) is 0 Å². The fourth-order valence-electron chi connectivity index (χ4n) is 2.55. The maximum Gasteiger partial charge on any atom is 0.240 e. The molecule has 2 rings (SSSR count). The van der Waals surface area contributed by atoms with Gasteiger partial charge in [0.1, 0.15) is 0 Å². The van der Waals surface area contributed by atoms with Crippen LogP contribution in [0.1, 0.15) is 36.0 Å². The van der Waals surface area contributed by atoms with Gasteiger partial charge in [-0.1, -0.05) is 12.5 Å². The Morgan fingerprint density at radius 3 is 2.45 bits per heavy atom. The third kappa shape index (κ3) is 3.40. The molecule has 0 unspecified atom stereocenters. The molecule has 1 aromatic carbocycles. The number of hydrogen-bond acceptors (Lipinski definition) is 3. The molecular weight excluding hydrogens is 272 g/mol. The van der Waals surface area contributed by atoms with Gasteiger partial charge in [0, 0.05) is 13.1 Å². The third-order valence-electron chi connectivity index (χ3n) is 4.08. The minimum absolute atomic E-state index is 0.410. The van der Waals surface area contributed by atoms with E-state index in [1.165, 1.54) is 6.42 Å². The zero-order valence-electron chi connectivity index (χ0n) is 12.5. The van der Waals surface area contributed by atoms with Crippen molar-refractivity contribution in [3.05, 3.63) is 28.8 Å². The van der Waals surface area contributed by atoms with E-state index >= 15 is 0 Å². The SMILES string of the molecule is CNCc1cc(S(=O)(=O)NCC2CCC2)c(C)cc1C. The van der Waals surface area contributed by atoms with Crippen molar-refractivity contribution >= 4 is 10.0 Å². The molecule has 0 aliphatic heterocycles. The van der Waals surface area contributed by atoms with Crippen LogP contribution >= 0.6 is 0 Å². The van der Waals surface area contributed by atoms with E-state index in [1.54, 1.807) is 6.07 Å². The van der Waals surface area contributed by atoms with Gasteiger partial charge in [0.15, 0.2) is 0 Å². The van der Waals surface area contributed by atoms with Crippen LogP contribution in [0, 0.1) is 19.8 Å². The van der Waals surface area contributed by atoms with Crippen molar-refractivity contribution in [2.24, 2.45) is 5.92 Å². The molecule has 2 N–H and O–H groups in total. The van der Waals surface area contributed by atoms with E-state index < -0.39 is 10.0 Å². The minimum Gasteiger partial charge on any atom is -0.316 e. The molecule has 0 radical (unpaired) electrons. The molecule has 0 aromatic heterocycles. The second-order valence-corrected chi connectivity index (χ2v) is 7.46. The van der Waals surface area contributed by atoms with Crippen LogP contribution in [0.3, 0.4) is 0 Å². The standard InChI is InChI=1S/C15H24N2O2S/c1-11-7-12(2)15(8-14(11)10-16-3)20(18,19)17-9-13-5-4-6-13/h7-8,13,16-17H,4-6,9-10H2,1-3H3. The molecule has 1 aromatic rings. The maximum absolute atomic E-state index is 12.4. The van der Waals surface area contributed by atoms with Gasteiger partial charge < -0.3 is 5.32 Å². The van der Waals surface area contributed by atoms with E-state index in [1.807, 2.05) is 27.0 Å². The largest absolute Gasteiger partial charge is 0.316 e. The Bertz CT molecular complexity index is 578. The number of hydrogen-bond donors (Lipinski definition) is 2. The third-order valence-corrected chi connectivity index (χ3v) is 5.64. The monoisotopic (exact) mass is 296 g/mol. The molecule has 0 bridgehead atoms. The number of rotatable bonds is 6. The van der Waals surface area contributed by atoms with E-state index in [2.05, 4.69) is 10.0 Å². The molecule has 1 saturated carbocycles. The van der Waals surface area contributed by atoms with Crippen molar-refractivity contribution in [3.63, 3.8) is 0 Å². The van der Waals surface area contributed by atoms with Crippen molar-refractivity contribution < 1.29 is 8.42 Å². The molecule has 5 heteroatoms. The van der Waals surface area contributed by atoms with Crippen LogP contribution in [0.15, 0.2) is 17.0 Å². The van der Waals surface area contributed by atoms with E-state index in [4.69, 9.17) is 0 Å². The Morgan fingerprint density at radius 1 is 1.20 bits per heavy atom. The quantitative estimate of drug-likeness (QED) is 0.845. The predicted octanol–water partition coefficient (Wildman–Crippen LogP) is 2.10. The topological polar surface area (TPSA) is 58.2 Å². The molecule has 4 nitrogen and oxygen atoms in total. The summed E-state index contributed by atoms with van der Waals surface area (Å²) in [7, 11) is -1.53. The predicted molar refractivity (Wildman–Crippen MR) is 81.2 cm³/mol. The van der Waals surface area contributed by atoms with Crippen LogP contribution in [-0.2, 0) is 16.6 Å². The number of sulfonamides is 1. The minimum atomic E-state index is -3.40. The van der Waals surface area contributed by atoms with E-state index in [-0.39, 0.29) is 0 Å². The fourth-order valence-corrected chi connectivity index (χ4v) is 3.94. The molecule has 0 atom stereocenters. The van der Waals surface area contributed by atoms with Gasteiger partial charge in [-0.15, -0.1) is 0 Å². The summed E-state index contributed by atoms with van der Waals surface area (Å²) in [6.07, 6.45) is 3.50. The normalized spacial score (nSPS) is 16.1. The van der Waals surface area contributed by atoms with E-state index in [0.717, 1.165) is 29.5 Å². The number of aryl methyl sites for hydroxylation is 2. The summed E-state index contributed by atoms with van der Waals surface area (Å²) in [5.74, 6) is 0.521. The van der Waals surface area contributed by atoms with E-state index in [0.29, 0.717) is 23.9 Å². The lowest BCUT2D eigenvalue weighted by atomic mass is 9.86. The summed E-state index contributed by atoms with van der Waals surface area (Å²) in [5.41, 5.74) is 2.96. The molecule has 1 fully saturated rings. The molecule has 1 aliphatic carbocycles. The molecule has 112 valence electrons. The zero-order chi connectivity index (χ0) is 14.8. The van der Waals surface area contributed by atoms with Gasteiger partial charge in [0.25, 0.3) is 0 Å². The highest BCUT2D eigenvalue weighted by Gasteiger charge is 2.23. The number of benzene rings is 1. The highest BCUT2D eigenvalue weighted by atomic mass is 32.2. The molecular formula is C15H24N2O2S. The second kappa shape index (κ2) is 6.24. The Hall–Kier alpha value is -0.910. The van der Waals surface area contributed by atoms with Crippen LogP contribution in [0.5, 0.6) is 0 Å². The lowest BCUT2D eigenvalue weighted by Crippen LogP contribution is -2.32. The van der Waals surface area contributed by atoms with Gasteiger partial charge >= 0.3 is 0 Å². The Kier molecular flexibility index (Phi) is 4.83. The fraction of sp³-hybridized carbons (Fsp3) is 0.600. The van der Waals surface area contributed by atoms with Gasteiger partial charge in [-0.3, -0.25) is 0 Å². The van der Waals surface area contributed by atoms with Crippen molar-refractivity contribution in [2.75, 3.05) is 13.6 Å². The summed E-state index contributed by atoms with van der Waals surface area (Å²) in [6, 6.07) is 3.74. The average Bonchev–Trinajstić information content (AvgIpc) is 2.30. The van der Waals surface area contributed by atoms with Crippen LogP contribution in [0.4, 0.5) is 0 Å². The highest BCUT2D eigenvalue weighted by molar-refractivity contribution is 7.89. The van der Waals surface area contributed by atoms with E-state index in [9.17, 15) is 8.42 Å². The summed E-state index contributed by atoms with van der Waals surface area (Å²) in [5, 5.41) is 3.08.